The van der Waals surface area contributed by atoms with Gasteiger partial charge in [-0.25, -0.2) is 0 Å². The van der Waals surface area contributed by atoms with E-state index >= 15 is 0 Å². The number of hydrogen-bond acceptors (Lipinski definition) is 2. The summed E-state index contributed by atoms with van der Waals surface area (Å²) in [4.78, 5) is 11.1. The van der Waals surface area contributed by atoms with E-state index in [1.54, 1.807) is 16.8 Å². The molecule has 1 aliphatic heterocycles. The monoisotopic (exact) mass is 149 g/mol. The van der Waals surface area contributed by atoms with Crippen LogP contribution < -0.4 is 5.56 Å². The molecule has 1 aromatic rings. The predicted octanol–water partition coefficient (Wildman–Crippen LogP) is 0.807. The van der Waals surface area contributed by atoms with Gasteiger partial charge in [0.05, 0.1) is 5.69 Å². The molecule has 3 heteroatoms. The molecule has 0 saturated heterocycles. The minimum Gasteiger partial charge on any atom is -0.493 e. The van der Waals surface area contributed by atoms with Crippen molar-refractivity contribution in [2.75, 3.05) is 0 Å². The SMILES string of the molecule is O=c1cccc2n1C=COC2. The van der Waals surface area contributed by atoms with Gasteiger partial charge in [0.25, 0.3) is 5.56 Å². The maximum Gasteiger partial charge on any atom is 0.255 e. The van der Waals surface area contributed by atoms with Crippen molar-refractivity contribution in [3.05, 3.63) is 40.5 Å². The summed E-state index contributed by atoms with van der Waals surface area (Å²) in [5.74, 6) is 0. The van der Waals surface area contributed by atoms with Crippen LogP contribution in [0.3, 0.4) is 0 Å². The lowest BCUT2D eigenvalue weighted by Gasteiger charge is -2.11. The molecule has 0 radical (unpaired) electrons. The summed E-state index contributed by atoms with van der Waals surface area (Å²) < 4.78 is 6.58. The fourth-order valence-corrected chi connectivity index (χ4v) is 1.07. The van der Waals surface area contributed by atoms with Gasteiger partial charge in [0.1, 0.15) is 12.9 Å². The van der Waals surface area contributed by atoms with Gasteiger partial charge in [-0.3, -0.25) is 9.36 Å². The summed E-state index contributed by atoms with van der Waals surface area (Å²) in [6.45, 7) is 0.479. The Kier molecular flexibility index (Phi) is 1.28. The molecule has 0 atom stereocenters. The third-order valence-corrected chi connectivity index (χ3v) is 1.61. The van der Waals surface area contributed by atoms with Crippen LogP contribution in [0.4, 0.5) is 0 Å². The third kappa shape index (κ3) is 0.941. The van der Waals surface area contributed by atoms with Crippen LogP contribution in [-0.2, 0) is 11.3 Å². The fourth-order valence-electron chi connectivity index (χ4n) is 1.07. The van der Waals surface area contributed by atoms with Gasteiger partial charge < -0.3 is 4.74 Å². The Labute approximate surface area is 63.5 Å². The first-order valence-electron chi connectivity index (χ1n) is 3.36. The zero-order valence-corrected chi connectivity index (χ0v) is 5.86. The molecular weight excluding hydrogens is 142 g/mol. The normalized spacial score (nSPS) is 13.8. The standard InChI is InChI=1S/C8H7NO2/c10-8-3-1-2-7-6-11-5-4-9(7)8/h1-5H,6H2. The Balaban J connectivity index is 2.70. The average molecular weight is 149 g/mol. The predicted molar refractivity (Wildman–Crippen MR) is 40.8 cm³/mol. The molecule has 0 N–H and O–H groups in total. The molecular formula is C8H7NO2. The average Bonchev–Trinajstić information content (AvgIpc) is 2.06. The van der Waals surface area contributed by atoms with Crippen LogP contribution in [0.25, 0.3) is 6.20 Å². The van der Waals surface area contributed by atoms with Gasteiger partial charge in [0, 0.05) is 12.3 Å². The Morgan fingerprint density at radius 1 is 1.45 bits per heavy atom. The molecule has 0 aliphatic carbocycles. The first-order chi connectivity index (χ1) is 5.38. The number of nitrogens with zero attached hydrogens (tertiary/aromatic N) is 1. The van der Waals surface area contributed by atoms with Gasteiger partial charge >= 0.3 is 0 Å². The summed E-state index contributed by atoms with van der Waals surface area (Å²) in [7, 11) is 0. The number of ether oxygens (including phenoxy) is 1. The van der Waals surface area contributed by atoms with Crippen LogP contribution in [0, 0.1) is 0 Å². The molecule has 2 heterocycles. The van der Waals surface area contributed by atoms with Crippen LogP contribution in [0.15, 0.2) is 29.3 Å². The van der Waals surface area contributed by atoms with E-state index in [0.29, 0.717) is 6.61 Å². The van der Waals surface area contributed by atoms with Crippen LogP contribution in [-0.4, -0.2) is 4.57 Å². The van der Waals surface area contributed by atoms with Crippen molar-refractivity contribution in [3.63, 3.8) is 0 Å². The van der Waals surface area contributed by atoms with E-state index in [1.807, 2.05) is 6.07 Å². The molecule has 0 aromatic carbocycles. The number of pyridine rings is 1. The molecule has 0 saturated carbocycles. The van der Waals surface area contributed by atoms with Gasteiger partial charge in [-0.05, 0) is 6.07 Å². The molecule has 0 amide bonds. The smallest absolute Gasteiger partial charge is 0.255 e. The molecule has 0 spiro atoms. The highest BCUT2D eigenvalue weighted by molar-refractivity contribution is 5.27. The van der Waals surface area contributed by atoms with Gasteiger partial charge in [0.2, 0.25) is 0 Å². The second kappa shape index (κ2) is 2.27. The van der Waals surface area contributed by atoms with Crippen molar-refractivity contribution in [2.24, 2.45) is 0 Å². The lowest BCUT2D eigenvalue weighted by molar-refractivity contribution is 0.223. The van der Waals surface area contributed by atoms with E-state index < -0.39 is 0 Å². The Morgan fingerprint density at radius 2 is 2.36 bits per heavy atom. The van der Waals surface area contributed by atoms with Crippen molar-refractivity contribution in [3.8, 4) is 0 Å². The Bertz CT molecular complexity index is 351. The zero-order chi connectivity index (χ0) is 7.68. The molecule has 0 unspecified atom stereocenters. The second-order valence-corrected chi connectivity index (χ2v) is 2.32. The highest BCUT2D eigenvalue weighted by Crippen LogP contribution is 2.04. The first kappa shape index (κ1) is 6.22. The molecule has 3 nitrogen and oxygen atoms in total. The van der Waals surface area contributed by atoms with E-state index in [9.17, 15) is 4.79 Å². The largest absolute Gasteiger partial charge is 0.493 e. The highest BCUT2D eigenvalue weighted by atomic mass is 16.5. The minimum atomic E-state index is -0.0120. The van der Waals surface area contributed by atoms with E-state index in [1.165, 1.54) is 12.3 Å². The summed E-state index contributed by atoms with van der Waals surface area (Å²) in [6, 6.07) is 5.13. The Morgan fingerprint density at radius 3 is 3.18 bits per heavy atom. The molecule has 1 aromatic heterocycles. The molecule has 2 rings (SSSR count). The van der Waals surface area contributed by atoms with Crippen molar-refractivity contribution in [1.29, 1.82) is 0 Å². The van der Waals surface area contributed by atoms with Crippen LogP contribution in [0.5, 0.6) is 0 Å². The van der Waals surface area contributed by atoms with Crippen LogP contribution in [0.2, 0.25) is 0 Å². The quantitative estimate of drug-likeness (QED) is 0.546. The van der Waals surface area contributed by atoms with Gasteiger partial charge in [-0.1, -0.05) is 6.07 Å². The van der Waals surface area contributed by atoms with Crippen molar-refractivity contribution in [2.45, 2.75) is 6.61 Å². The number of aromatic nitrogens is 1. The summed E-state index contributed by atoms with van der Waals surface area (Å²) >= 11 is 0. The van der Waals surface area contributed by atoms with Gasteiger partial charge in [-0.2, -0.15) is 0 Å². The van der Waals surface area contributed by atoms with Crippen LogP contribution in [0.1, 0.15) is 5.69 Å². The zero-order valence-electron chi connectivity index (χ0n) is 5.86. The van der Waals surface area contributed by atoms with Gasteiger partial charge in [0.15, 0.2) is 0 Å². The number of rotatable bonds is 0. The molecule has 11 heavy (non-hydrogen) atoms. The number of fused-ring (bicyclic) bond motifs is 1. The summed E-state index contributed by atoms with van der Waals surface area (Å²) in [5, 5.41) is 0. The number of hydrogen-bond donors (Lipinski definition) is 0. The molecule has 0 bridgehead atoms. The van der Waals surface area contributed by atoms with E-state index in [0.717, 1.165) is 5.69 Å². The van der Waals surface area contributed by atoms with Crippen molar-refractivity contribution >= 4 is 6.20 Å². The highest BCUT2D eigenvalue weighted by Gasteiger charge is 2.03. The lowest BCUT2D eigenvalue weighted by atomic mass is 10.3. The van der Waals surface area contributed by atoms with E-state index in [2.05, 4.69) is 0 Å². The molecule has 1 aliphatic rings. The van der Waals surface area contributed by atoms with Crippen molar-refractivity contribution in [1.82, 2.24) is 4.57 Å². The third-order valence-electron chi connectivity index (χ3n) is 1.61. The summed E-state index contributed by atoms with van der Waals surface area (Å²) in [5.41, 5.74) is 0.877. The van der Waals surface area contributed by atoms with E-state index in [-0.39, 0.29) is 5.56 Å². The molecule has 56 valence electrons. The van der Waals surface area contributed by atoms with Gasteiger partial charge in [-0.15, -0.1) is 0 Å². The molecule has 0 fully saturated rings. The maximum atomic E-state index is 11.1. The first-order valence-corrected chi connectivity index (χ1v) is 3.36. The second-order valence-electron chi connectivity index (χ2n) is 2.32. The van der Waals surface area contributed by atoms with Crippen molar-refractivity contribution < 1.29 is 4.74 Å². The lowest BCUT2D eigenvalue weighted by Crippen LogP contribution is -2.19. The van der Waals surface area contributed by atoms with Crippen LogP contribution >= 0.6 is 0 Å². The maximum absolute atomic E-state index is 11.1. The van der Waals surface area contributed by atoms with E-state index in [4.69, 9.17) is 4.74 Å². The Hall–Kier alpha value is -1.51. The fraction of sp³-hybridized carbons (Fsp3) is 0.125. The minimum absolute atomic E-state index is 0.0120. The topological polar surface area (TPSA) is 31.2 Å². The summed E-state index contributed by atoms with van der Waals surface area (Å²) in [6.07, 6.45) is 3.15.